The summed E-state index contributed by atoms with van der Waals surface area (Å²) >= 11 is 0. The van der Waals surface area contributed by atoms with Gasteiger partial charge in [-0.25, -0.2) is 0 Å². The molecule has 1 N–H and O–H groups in total. The molecule has 0 aromatic carbocycles. The van der Waals surface area contributed by atoms with Crippen molar-refractivity contribution in [1.82, 2.24) is 14.9 Å². The second-order valence-electron chi connectivity index (χ2n) is 2.70. The Bertz CT molecular complexity index is 378. The van der Waals surface area contributed by atoms with Crippen molar-refractivity contribution in [2.45, 2.75) is 6.67 Å². The second-order valence-corrected chi connectivity index (χ2v) is 2.70. The fraction of sp³-hybridized carbons (Fsp3) is 0.222. The van der Waals surface area contributed by atoms with Gasteiger partial charge in [0.05, 0.1) is 17.7 Å². The van der Waals surface area contributed by atoms with Crippen molar-refractivity contribution in [2.24, 2.45) is 0 Å². The van der Waals surface area contributed by atoms with Crippen LogP contribution in [0.15, 0.2) is 30.6 Å². The molecule has 3 heteroatoms. The van der Waals surface area contributed by atoms with Crippen LogP contribution < -0.4 is 5.32 Å². The predicted molar refractivity (Wildman–Crippen MR) is 48.8 cm³/mol. The zero-order chi connectivity index (χ0) is 8.39. The molecule has 0 aliphatic rings. The number of nitrogens with zero attached hydrogens (tertiary/aromatic N) is 2. The smallest absolute Gasteiger partial charge is 0.0881 e. The third kappa shape index (κ3) is 1.08. The van der Waals surface area contributed by atoms with Crippen LogP contribution in [0.2, 0.25) is 0 Å². The Morgan fingerprint density at radius 1 is 1.50 bits per heavy atom. The highest BCUT2D eigenvalue weighted by Crippen LogP contribution is 2.10. The van der Waals surface area contributed by atoms with E-state index in [2.05, 4.69) is 20.9 Å². The highest BCUT2D eigenvalue weighted by Gasteiger charge is 1.97. The quantitative estimate of drug-likeness (QED) is 0.717. The summed E-state index contributed by atoms with van der Waals surface area (Å²) in [4.78, 5) is 4.24. The maximum absolute atomic E-state index is 4.24. The zero-order valence-electron chi connectivity index (χ0n) is 6.99. The summed E-state index contributed by atoms with van der Waals surface area (Å²) in [6.07, 6.45) is 3.85. The normalized spacial score (nSPS) is 10.8. The van der Waals surface area contributed by atoms with Crippen molar-refractivity contribution >= 4 is 11.0 Å². The van der Waals surface area contributed by atoms with Crippen LogP contribution in [-0.2, 0) is 6.67 Å². The molecule has 0 aliphatic carbocycles. The first-order valence-corrected chi connectivity index (χ1v) is 3.96. The van der Waals surface area contributed by atoms with E-state index in [1.807, 2.05) is 31.6 Å². The summed E-state index contributed by atoms with van der Waals surface area (Å²) in [6, 6.07) is 6.04. The molecule has 62 valence electrons. The van der Waals surface area contributed by atoms with Crippen LogP contribution in [0.1, 0.15) is 0 Å². The van der Waals surface area contributed by atoms with E-state index < -0.39 is 0 Å². The maximum Gasteiger partial charge on any atom is 0.0881 e. The Morgan fingerprint density at radius 3 is 3.25 bits per heavy atom. The molecule has 0 amide bonds. The van der Waals surface area contributed by atoms with E-state index in [4.69, 9.17) is 0 Å². The molecule has 0 aliphatic heterocycles. The standard InChI is InChI=1S/C9H11N3/c1-10-7-12-6-4-8-9(12)3-2-5-11-8/h2-6,10H,7H2,1H3. The Labute approximate surface area is 71.0 Å². The van der Waals surface area contributed by atoms with Crippen molar-refractivity contribution in [3.63, 3.8) is 0 Å². The average molecular weight is 161 g/mol. The number of aromatic nitrogens is 2. The van der Waals surface area contributed by atoms with Gasteiger partial charge in [-0.1, -0.05) is 0 Å². The minimum Gasteiger partial charge on any atom is -0.333 e. The van der Waals surface area contributed by atoms with Gasteiger partial charge in [0.25, 0.3) is 0 Å². The van der Waals surface area contributed by atoms with Gasteiger partial charge in [0, 0.05) is 12.4 Å². The fourth-order valence-electron chi connectivity index (χ4n) is 1.33. The number of rotatable bonds is 2. The van der Waals surface area contributed by atoms with Crippen LogP contribution >= 0.6 is 0 Å². The summed E-state index contributed by atoms with van der Waals surface area (Å²) in [5.41, 5.74) is 2.22. The molecule has 3 nitrogen and oxygen atoms in total. The lowest BCUT2D eigenvalue weighted by Crippen LogP contribution is -2.11. The third-order valence-corrected chi connectivity index (χ3v) is 1.87. The van der Waals surface area contributed by atoms with Crippen molar-refractivity contribution < 1.29 is 0 Å². The minimum atomic E-state index is 0.829. The third-order valence-electron chi connectivity index (χ3n) is 1.87. The largest absolute Gasteiger partial charge is 0.333 e. The van der Waals surface area contributed by atoms with Gasteiger partial charge in [0.15, 0.2) is 0 Å². The van der Waals surface area contributed by atoms with Gasteiger partial charge < -0.3 is 9.88 Å². The minimum absolute atomic E-state index is 0.829. The van der Waals surface area contributed by atoms with Crippen LogP contribution in [0.5, 0.6) is 0 Å². The van der Waals surface area contributed by atoms with Gasteiger partial charge in [0.1, 0.15) is 0 Å². The number of hydrogen-bond acceptors (Lipinski definition) is 2. The zero-order valence-corrected chi connectivity index (χ0v) is 6.99. The number of nitrogens with one attached hydrogen (secondary N) is 1. The summed E-state index contributed by atoms with van der Waals surface area (Å²) in [7, 11) is 1.93. The van der Waals surface area contributed by atoms with Gasteiger partial charge in [-0.3, -0.25) is 4.98 Å². The fourth-order valence-corrected chi connectivity index (χ4v) is 1.33. The maximum atomic E-state index is 4.24. The molecule has 0 atom stereocenters. The molecule has 2 heterocycles. The second kappa shape index (κ2) is 2.95. The van der Waals surface area contributed by atoms with E-state index in [0.29, 0.717) is 0 Å². The van der Waals surface area contributed by atoms with Gasteiger partial charge in [-0.2, -0.15) is 0 Å². The Kier molecular flexibility index (Phi) is 1.80. The first-order valence-electron chi connectivity index (χ1n) is 3.96. The first kappa shape index (κ1) is 7.31. The molecule has 0 spiro atoms. The number of fused-ring (bicyclic) bond motifs is 1. The summed E-state index contributed by atoms with van der Waals surface area (Å²) in [6.45, 7) is 0.829. The highest BCUT2D eigenvalue weighted by atomic mass is 15.1. The van der Waals surface area contributed by atoms with E-state index in [1.54, 1.807) is 0 Å². The molecule has 0 bridgehead atoms. The van der Waals surface area contributed by atoms with E-state index >= 15 is 0 Å². The van der Waals surface area contributed by atoms with E-state index in [1.165, 1.54) is 5.52 Å². The summed E-state index contributed by atoms with van der Waals surface area (Å²) in [5.74, 6) is 0. The Hall–Kier alpha value is -1.35. The van der Waals surface area contributed by atoms with Crippen LogP contribution in [0.3, 0.4) is 0 Å². The molecule has 0 unspecified atom stereocenters. The SMILES string of the molecule is CNCn1ccc2ncccc21. The Balaban J connectivity index is 2.55. The summed E-state index contributed by atoms with van der Waals surface area (Å²) in [5, 5.41) is 3.10. The van der Waals surface area contributed by atoms with E-state index in [9.17, 15) is 0 Å². The molecule has 2 rings (SSSR count). The highest BCUT2D eigenvalue weighted by molar-refractivity contribution is 5.75. The van der Waals surface area contributed by atoms with Crippen molar-refractivity contribution in [3.8, 4) is 0 Å². The van der Waals surface area contributed by atoms with Gasteiger partial charge in [-0.05, 0) is 25.2 Å². The van der Waals surface area contributed by atoms with Gasteiger partial charge >= 0.3 is 0 Å². The molecule has 0 fully saturated rings. The predicted octanol–water partition coefficient (Wildman–Crippen LogP) is 1.21. The molecule has 0 saturated carbocycles. The lowest BCUT2D eigenvalue weighted by Gasteiger charge is -2.01. The molecule has 12 heavy (non-hydrogen) atoms. The number of hydrogen-bond donors (Lipinski definition) is 1. The first-order chi connectivity index (χ1) is 5.92. The molecular weight excluding hydrogens is 150 g/mol. The van der Waals surface area contributed by atoms with Crippen molar-refractivity contribution in [3.05, 3.63) is 30.6 Å². The van der Waals surface area contributed by atoms with Crippen LogP contribution in [-0.4, -0.2) is 16.6 Å². The van der Waals surface area contributed by atoms with Crippen LogP contribution in [0.4, 0.5) is 0 Å². The molecule has 2 aromatic heterocycles. The van der Waals surface area contributed by atoms with Crippen molar-refractivity contribution in [2.75, 3.05) is 7.05 Å². The topological polar surface area (TPSA) is 29.9 Å². The lowest BCUT2D eigenvalue weighted by atomic mass is 10.4. The van der Waals surface area contributed by atoms with Gasteiger partial charge in [0.2, 0.25) is 0 Å². The lowest BCUT2D eigenvalue weighted by molar-refractivity contribution is 0.637. The molecule has 0 radical (unpaired) electrons. The van der Waals surface area contributed by atoms with Gasteiger partial charge in [-0.15, -0.1) is 0 Å². The molecular formula is C9H11N3. The average Bonchev–Trinajstić information content (AvgIpc) is 2.50. The van der Waals surface area contributed by atoms with E-state index in [-0.39, 0.29) is 0 Å². The molecule has 2 aromatic rings. The monoisotopic (exact) mass is 161 g/mol. The summed E-state index contributed by atoms with van der Waals surface area (Å²) < 4.78 is 2.13. The number of pyridine rings is 1. The van der Waals surface area contributed by atoms with E-state index in [0.717, 1.165) is 12.2 Å². The Morgan fingerprint density at radius 2 is 2.42 bits per heavy atom. The van der Waals surface area contributed by atoms with Crippen molar-refractivity contribution in [1.29, 1.82) is 0 Å². The van der Waals surface area contributed by atoms with Crippen LogP contribution in [0.25, 0.3) is 11.0 Å². The molecule has 0 saturated heterocycles. The van der Waals surface area contributed by atoms with Crippen LogP contribution in [0, 0.1) is 0 Å².